The molecule has 0 aliphatic heterocycles. The Hall–Kier alpha value is -2.71. The molecule has 2 aromatic carbocycles. The Morgan fingerprint density at radius 3 is 1.79 bits per heavy atom. The van der Waals surface area contributed by atoms with Crippen molar-refractivity contribution in [3.8, 4) is 0 Å². The highest BCUT2D eigenvalue weighted by atomic mass is 32.2. The molecule has 162 valence electrons. The van der Waals surface area contributed by atoms with Crippen LogP contribution in [-0.4, -0.2) is 35.0 Å². The van der Waals surface area contributed by atoms with Gasteiger partial charge in [0.2, 0.25) is 20.0 Å². The third-order valence-corrected chi connectivity index (χ3v) is 5.19. The molecule has 0 bridgehead atoms. The molecule has 29 heavy (non-hydrogen) atoms. The van der Waals surface area contributed by atoms with Gasteiger partial charge in [0.1, 0.15) is 0 Å². The van der Waals surface area contributed by atoms with Gasteiger partial charge in [-0.3, -0.25) is 0 Å². The zero-order valence-corrected chi connectivity index (χ0v) is 16.3. The van der Waals surface area contributed by atoms with E-state index in [1.807, 2.05) is 0 Å². The van der Waals surface area contributed by atoms with Crippen LogP contribution in [0.25, 0.3) is 0 Å². The van der Waals surface area contributed by atoms with E-state index in [1.165, 1.54) is 37.4 Å². The molecule has 0 atom stereocenters. The van der Waals surface area contributed by atoms with Crippen molar-refractivity contribution >= 4 is 37.4 Å². The number of carbonyl (C=O) groups excluding carboxylic acids is 1. The minimum atomic E-state index is -3.85. The summed E-state index contributed by atoms with van der Waals surface area (Å²) in [6, 6.07) is 7.53. The minimum Gasteiger partial charge on any atom is -0.465 e. The molecule has 0 spiro atoms. The second kappa shape index (κ2) is 10.2. The molecule has 9 N–H and O–H groups in total. The Kier molecular flexibility index (Phi) is 9.23. The number of hydrogen-bond donors (Lipinski definition) is 5. The summed E-state index contributed by atoms with van der Waals surface area (Å²) < 4.78 is 48.1. The first-order chi connectivity index (χ1) is 12.8. The minimum absolute atomic E-state index is 0. The molecule has 2 rings (SSSR count). The van der Waals surface area contributed by atoms with Crippen molar-refractivity contribution in [2.75, 3.05) is 18.6 Å². The zero-order valence-electron chi connectivity index (χ0n) is 14.7. The molecule has 0 aliphatic rings. The predicted octanol–water partition coefficient (Wildman–Crippen LogP) is -0.253. The molecule has 0 heterocycles. The molecule has 0 unspecified atom stereocenters. The summed E-state index contributed by atoms with van der Waals surface area (Å²) in [5.41, 5.74) is 11.7. The van der Waals surface area contributed by atoms with E-state index in [0.717, 1.165) is 6.07 Å². The van der Waals surface area contributed by atoms with E-state index in [4.69, 9.17) is 26.9 Å². The van der Waals surface area contributed by atoms with Crippen molar-refractivity contribution in [1.82, 2.24) is 0 Å². The van der Waals surface area contributed by atoms with Gasteiger partial charge in [0, 0.05) is 16.9 Å². The second-order valence-electron chi connectivity index (χ2n) is 5.35. The first-order valence-electron chi connectivity index (χ1n) is 7.34. The van der Waals surface area contributed by atoms with Crippen LogP contribution in [0.3, 0.4) is 0 Å². The van der Waals surface area contributed by atoms with Crippen LogP contribution in [0.4, 0.5) is 11.4 Å². The van der Waals surface area contributed by atoms with Crippen molar-refractivity contribution < 1.29 is 31.5 Å². The lowest BCUT2D eigenvalue weighted by molar-refractivity contribution is 0.0601. The van der Waals surface area contributed by atoms with Crippen molar-refractivity contribution in [2.24, 2.45) is 10.3 Å². The van der Waals surface area contributed by atoms with Crippen LogP contribution in [0.5, 0.6) is 0 Å². The number of esters is 1. The van der Waals surface area contributed by atoms with Crippen LogP contribution in [0.1, 0.15) is 23.3 Å². The molecule has 0 amide bonds. The van der Waals surface area contributed by atoms with E-state index in [2.05, 4.69) is 4.74 Å². The average molecular weight is 449 g/mol. The number of primary sulfonamides is 2. The lowest BCUT2D eigenvalue weighted by Gasteiger charge is -2.05. The topological polar surface area (TPSA) is 219 Å². The lowest BCUT2D eigenvalue weighted by Crippen LogP contribution is -2.14. The van der Waals surface area contributed by atoms with Crippen LogP contribution in [0.2, 0.25) is 0 Å². The number of nitrogens with two attached hydrogens (primary N) is 4. The van der Waals surface area contributed by atoms with Gasteiger partial charge in [-0.05, 0) is 36.4 Å². The summed E-state index contributed by atoms with van der Waals surface area (Å²) in [5.74, 6) is -0.710. The van der Waals surface area contributed by atoms with E-state index in [-0.39, 0.29) is 35.1 Å². The number of nitrogen functional groups attached to an aromatic ring is 2. The molecule has 11 nitrogen and oxygen atoms in total. The van der Waals surface area contributed by atoms with Crippen LogP contribution in [0, 0.1) is 0 Å². The summed E-state index contributed by atoms with van der Waals surface area (Å²) >= 11 is 0. The number of anilines is 2. The molecule has 13 heteroatoms. The average Bonchev–Trinajstić information content (AvgIpc) is 2.60. The normalized spacial score (nSPS) is 10.9. The van der Waals surface area contributed by atoms with E-state index in [0.29, 0.717) is 11.3 Å². The molecule has 0 aromatic heterocycles. The molecular weight excluding hydrogens is 424 g/mol. The molecule has 0 saturated heterocycles. The summed E-state index contributed by atoms with van der Waals surface area (Å²) in [4.78, 5) is 10.9. The van der Waals surface area contributed by atoms with Gasteiger partial charge in [-0.15, -0.1) is 0 Å². The number of sulfonamides is 2. The van der Waals surface area contributed by atoms with Crippen LogP contribution in [0.15, 0.2) is 46.2 Å². The second-order valence-corrected chi connectivity index (χ2v) is 8.47. The number of aliphatic hydroxyl groups excluding tert-OH is 1. The predicted molar refractivity (Wildman–Crippen MR) is 108 cm³/mol. The monoisotopic (exact) mass is 448 g/mol. The highest BCUT2D eigenvalue weighted by molar-refractivity contribution is 7.89. The molecule has 0 radical (unpaired) electrons. The Labute approximate surface area is 169 Å². The number of carbonyl (C=O) groups is 1. The lowest BCUT2D eigenvalue weighted by atomic mass is 10.2. The molecule has 2 aromatic rings. The van der Waals surface area contributed by atoms with Gasteiger partial charge in [-0.1, -0.05) is 7.43 Å². The van der Waals surface area contributed by atoms with Gasteiger partial charge < -0.3 is 21.3 Å². The maximum Gasteiger partial charge on any atom is 0.339 e. The maximum atomic E-state index is 11.2. The number of ether oxygens (including phenoxy) is 1. The molecule has 0 fully saturated rings. The number of hydrogen-bond acceptors (Lipinski definition) is 9. The molecule has 0 saturated carbocycles. The fourth-order valence-corrected chi connectivity index (χ4v) is 3.00. The first kappa shape index (κ1) is 26.3. The Morgan fingerprint density at radius 1 is 0.931 bits per heavy atom. The molecule has 0 aliphatic carbocycles. The third kappa shape index (κ3) is 7.32. The summed E-state index contributed by atoms with van der Waals surface area (Å²) in [5, 5.41) is 18.6. The highest BCUT2D eigenvalue weighted by Gasteiger charge is 2.15. The van der Waals surface area contributed by atoms with Gasteiger partial charge in [0.05, 0.1) is 29.1 Å². The van der Waals surface area contributed by atoms with Gasteiger partial charge in [-0.2, -0.15) is 0 Å². The highest BCUT2D eigenvalue weighted by Crippen LogP contribution is 2.18. The summed E-state index contributed by atoms with van der Waals surface area (Å²) in [7, 11) is -6.39. The quantitative estimate of drug-likeness (QED) is 0.307. The first-order valence-corrected chi connectivity index (χ1v) is 10.4. The SMILES string of the molecule is C.COC(=O)c1cc(S(N)(=O)=O)ccc1N.Nc1ccc(S(N)(=O)=O)cc1CO. The van der Waals surface area contributed by atoms with E-state index in [9.17, 15) is 21.6 Å². The van der Waals surface area contributed by atoms with E-state index < -0.39 is 26.0 Å². The van der Waals surface area contributed by atoms with Crippen molar-refractivity contribution in [3.05, 3.63) is 47.5 Å². The third-order valence-electron chi connectivity index (χ3n) is 3.37. The summed E-state index contributed by atoms with van der Waals surface area (Å²) in [6.45, 7) is -0.310. The largest absolute Gasteiger partial charge is 0.465 e. The van der Waals surface area contributed by atoms with Gasteiger partial charge >= 0.3 is 5.97 Å². The van der Waals surface area contributed by atoms with Crippen LogP contribution >= 0.6 is 0 Å². The van der Waals surface area contributed by atoms with Crippen LogP contribution in [-0.2, 0) is 31.4 Å². The van der Waals surface area contributed by atoms with Gasteiger partial charge in [0.25, 0.3) is 0 Å². The van der Waals surface area contributed by atoms with Gasteiger partial charge in [0.15, 0.2) is 0 Å². The van der Waals surface area contributed by atoms with Crippen molar-refractivity contribution in [2.45, 2.75) is 23.8 Å². The van der Waals surface area contributed by atoms with E-state index in [1.54, 1.807) is 0 Å². The smallest absolute Gasteiger partial charge is 0.339 e. The summed E-state index contributed by atoms with van der Waals surface area (Å²) in [6.07, 6.45) is 0. The van der Waals surface area contributed by atoms with Crippen molar-refractivity contribution in [3.63, 3.8) is 0 Å². The Balaban J connectivity index is 0.000000527. The fourth-order valence-electron chi connectivity index (χ4n) is 1.90. The Bertz CT molecular complexity index is 1080. The zero-order chi connectivity index (χ0) is 21.7. The van der Waals surface area contributed by atoms with Crippen LogP contribution < -0.4 is 21.7 Å². The number of rotatable bonds is 4. The molecular formula is C16H24N4O7S2. The Morgan fingerprint density at radius 2 is 1.38 bits per heavy atom. The van der Waals surface area contributed by atoms with E-state index >= 15 is 0 Å². The van der Waals surface area contributed by atoms with Gasteiger partial charge in [-0.25, -0.2) is 31.9 Å². The van der Waals surface area contributed by atoms with Crippen molar-refractivity contribution in [1.29, 1.82) is 0 Å². The number of aliphatic hydroxyl groups is 1. The fraction of sp³-hybridized carbons (Fsp3) is 0.188. The standard InChI is InChI=1S/C8H10N2O4S.C7H10N2O3S.CH4/c1-14-8(11)6-4-5(15(10,12)13)2-3-7(6)9;8-7-2-1-6(13(9,11)12)3-5(7)4-10;/h2-4H,9H2,1H3,(H2,10,12,13);1-3,10H,4,8H2,(H2,9,11,12);1H4. The number of methoxy groups -OCH3 is 1. The number of benzene rings is 2. The maximum absolute atomic E-state index is 11.2.